The summed E-state index contributed by atoms with van der Waals surface area (Å²) in [6.07, 6.45) is 2.02. The molecule has 3 N–H and O–H groups in total. The Labute approximate surface area is 104 Å². The summed E-state index contributed by atoms with van der Waals surface area (Å²) in [6, 6.07) is 1.86. The third kappa shape index (κ3) is 3.19. The van der Waals surface area contributed by atoms with Crippen molar-refractivity contribution in [2.75, 3.05) is 0 Å². The lowest BCUT2D eigenvalue weighted by molar-refractivity contribution is -0.140. The molecule has 0 fully saturated rings. The molecule has 6 heteroatoms. The van der Waals surface area contributed by atoms with Gasteiger partial charge in [0.15, 0.2) is 0 Å². The van der Waals surface area contributed by atoms with E-state index in [0.29, 0.717) is 6.42 Å². The van der Waals surface area contributed by atoms with Crippen LogP contribution in [0.1, 0.15) is 30.6 Å². The molecule has 0 aliphatic heterocycles. The molecular formula is C12H16N2O4. The van der Waals surface area contributed by atoms with E-state index < -0.39 is 23.5 Å². The van der Waals surface area contributed by atoms with Gasteiger partial charge in [0.25, 0.3) is 11.5 Å². The van der Waals surface area contributed by atoms with Gasteiger partial charge in [-0.1, -0.05) is 20.3 Å². The standard InChI is InChI=1S/C12H16N2O4/c1-3-7(2)9(12(17)18)14-11(16)8-5-4-6-13-10(8)15/h4-7,9H,3H2,1-2H3,(H,13,15)(H,14,16)(H,17,18). The average Bonchev–Trinajstić information content (AvgIpc) is 2.35. The molecule has 0 saturated carbocycles. The fourth-order valence-electron chi connectivity index (χ4n) is 1.50. The number of nitrogens with one attached hydrogen (secondary N) is 2. The van der Waals surface area contributed by atoms with Crippen molar-refractivity contribution in [2.24, 2.45) is 5.92 Å². The maximum Gasteiger partial charge on any atom is 0.326 e. The number of rotatable bonds is 5. The number of amides is 1. The molecule has 2 atom stereocenters. The number of carboxylic acids is 1. The van der Waals surface area contributed by atoms with Crippen LogP contribution < -0.4 is 10.9 Å². The summed E-state index contributed by atoms with van der Waals surface area (Å²) < 4.78 is 0. The van der Waals surface area contributed by atoms with Gasteiger partial charge in [-0.2, -0.15) is 0 Å². The van der Waals surface area contributed by atoms with E-state index in [9.17, 15) is 14.4 Å². The second-order valence-electron chi connectivity index (χ2n) is 4.09. The topological polar surface area (TPSA) is 99.3 Å². The van der Waals surface area contributed by atoms with Gasteiger partial charge in [0, 0.05) is 6.20 Å². The number of aliphatic carboxylic acids is 1. The molecule has 0 aliphatic carbocycles. The van der Waals surface area contributed by atoms with E-state index in [1.165, 1.54) is 18.3 Å². The average molecular weight is 252 g/mol. The van der Waals surface area contributed by atoms with Gasteiger partial charge in [-0.05, 0) is 18.1 Å². The normalized spacial score (nSPS) is 13.7. The number of H-pyrrole nitrogens is 1. The first kappa shape index (κ1) is 14.0. The van der Waals surface area contributed by atoms with Crippen LogP contribution in [0.3, 0.4) is 0 Å². The first-order valence-corrected chi connectivity index (χ1v) is 5.68. The third-order valence-corrected chi connectivity index (χ3v) is 2.83. The highest BCUT2D eigenvalue weighted by atomic mass is 16.4. The zero-order valence-electron chi connectivity index (χ0n) is 10.3. The second kappa shape index (κ2) is 6.00. The monoisotopic (exact) mass is 252 g/mol. The predicted octanol–water partition coefficient (Wildman–Crippen LogP) is 0.604. The number of carboxylic acid groups (broad SMARTS) is 1. The molecule has 0 radical (unpaired) electrons. The van der Waals surface area contributed by atoms with Gasteiger partial charge in [0.2, 0.25) is 0 Å². The first-order chi connectivity index (χ1) is 8.47. The lowest BCUT2D eigenvalue weighted by Crippen LogP contribution is -2.46. The number of pyridine rings is 1. The smallest absolute Gasteiger partial charge is 0.326 e. The minimum Gasteiger partial charge on any atom is -0.480 e. The summed E-state index contributed by atoms with van der Waals surface area (Å²) >= 11 is 0. The zero-order chi connectivity index (χ0) is 13.7. The van der Waals surface area contributed by atoms with Crippen molar-refractivity contribution in [2.45, 2.75) is 26.3 Å². The number of hydrogen-bond acceptors (Lipinski definition) is 3. The van der Waals surface area contributed by atoms with Crippen LogP contribution in [0.4, 0.5) is 0 Å². The highest BCUT2D eigenvalue weighted by Gasteiger charge is 2.26. The SMILES string of the molecule is CCC(C)C(NC(=O)c1ccc[nH]c1=O)C(=O)O. The van der Waals surface area contributed by atoms with E-state index in [1.807, 2.05) is 6.92 Å². The Balaban J connectivity index is 2.89. The first-order valence-electron chi connectivity index (χ1n) is 5.68. The molecule has 98 valence electrons. The largest absolute Gasteiger partial charge is 0.480 e. The molecule has 1 amide bonds. The summed E-state index contributed by atoms with van der Waals surface area (Å²) in [7, 11) is 0. The Kier molecular flexibility index (Phi) is 4.65. The number of aromatic amines is 1. The van der Waals surface area contributed by atoms with Crippen LogP contribution in [0.5, 0.6) is 0 Å². The molecule has 1 heterocycles. The summed E-state index contributed by atoms with van der Waals surface area (Å²) in [4.78, 5) is 36.6. The maximum absolute atomic E-state index is 11.8. The van der Waals surface area contributed by atoms with Gasteiger partial charge in [0.05, 0.1) is 0 Å². The van der Waals surface area contributed by atoms with Crippen LogP contribution in [-0.2, 0) is 4.79 Å². The van der Waals surface area contributed by atoms with E-state index in [0.717, 1.165) is 0 Å². The molecule has 1 aromatic heterocycles. The van der Waals surface area contributed by atoms with Gasteiger partial charge >= 0.3 is 5.97 Å². The minimum absolute atomic E-state index is 0.0907. The third-order valence-electron chi connectivity index (χ3n) is 2.83. The molecule has 0 aromatic carbocycles. The van der Waals surface area contributed by atoms with Crippen LogP contribution in [0, 0.1) is 5.92 Å². The Morgan fingerprint density at radius 1 is 1.50 bits per heavy atom. The van der Waals surface area contributed by atoms with Gasteiger partial charge in [-0.3, -0.25) is 9.59 Å². The van der Waals surface area contributed by atoms with Gasteiger partial charge in [-0.15, -0.1) is 0 Å². The van der Waals surface area contributed by atoms with Crippen molar-refractivity contribution in [1.82, 2.24) is 10.3 Å². The quantitative estimate of drug-likeness (QED) is 0.714. The van der Waals surface area contributed by atoms with Crippen molar-refractivity contribution in [3.8, 4) is 0 Å². The van der Waals surface area contributed by atoms with Crippen LogP contribution in [-0.4, -0.2) is 28.0 Å². The maximum atomic E-state index is 11.8. The van der Waals surface area contributed by atoms with Crippen molar-refractivity contribution in [1.29, 1.82) is 0 Å². The molecule has 0 spiro atoms. The fraction of sp³-hybridized carbons (Fsp3) is 0.417. The fourth-order valence-corrected chi connectivity index (χ4v) is 1.50. The van der Waals surface area contributed by atoms with Crippen molar-refractivity contribution in [3.63, 3.8) is 0 Å². The van der Waals surface area contributed by atoms with Gasteiger partial charge < -0.3 is 15.4 Å². The highest BCUT2D eigenvalue weighted by Crippen LogP contribution is 2.08. The van der Waals surface area contributed by atoms with Crippen molar-refractivity contribution in [3.05, 3.63) is 34.2 Å². The zero-order valence-corrected chi connectivity index (χ0v) is 10.3. The van der Waals surface area contributed by atoms with E-state index >= 15 is 0 Å². The molecule has 18 heavy (non-hydrogen) atoms. The number of hydrogen-bond donors (Lipinski definition) is 3. The molecule has 1 rings (SSSR count). The van der Waals surface area contributed by atoms with E-state index in [2.05, 4.69) is 10.3 Å². The lowest BCUT2D eigenvalue weighted by atomic mass is 9.99. The molecule has 6 nitrogen and oxygen atoms in total. The predicted molar refractivity (Wildman–Crippen MR) is 65.4 cm³/mol. The molecule has 0 aliphatic rings. The van der Waals surface area contributed by atoms with Crippen LogP contribution in [0.2, 0.25) is 0 Å². The number of aromatic nitrogens is 1. The number of carbonyl (C=O) groups excluding carboxylic acids is 1. The highest BCUT2D eigenvalue weighted by molar-refractivity contribution is 5.96. The Morgan fingerprint density at radius 3 is 2.67 bits per heavy atom. The van der Waals surface area contributed by atoms with Crippen LogP contribution in [0.25, 0.3) is 0 Å². The Bertz CT molecular complexity index is 495. The summed E-state index contributed by atoms with van der Waals surface area (Å²) in [5, 5.41) is 11.4. The summed E-state index contributed by atoms with van der Waals surface area (Å²) in [6.45, 7) is 3.57. The summed E-state index contributed by atoms with van der Waals surface area (Å²) in [5.74, 6) is -2.00. The van der Waals surface area contributed by atoms with E-state index in [-0.39, 0.29) is 11.5 Å². The van der Waals surface area contributed by atoms with Crippen LogP contribution >= 0.6 is 0 Å². The number of carbonyl (C=O) groups is 2. The molecule has 0 saturated heterocycles. The lowest BCUT2D eigenvalue weighted by Gasteiger charge is -2.19. The Hall–Kier alpha value is -2.11. The summed E-state index contributed by atoms with van der Waals surface area (Å²) in [5.41, 5.74) is -0.629. The minimum atomic E-state index is -1.11. The molecule has 1 aromatic rings. The second-order valence-corrected chi connectivity index (χ2v) is 4.09. The van der Waals surface area contributed by atoms with Crippen molar-refractivity contribution >= 4 is 11.9 Å². The molecular weight excluding hydrogens is 236 g/mol. The van der Waals surface area contributed by atoms with E-state index in [4.69, 9.17) is 5.11 Å². The van der Waals surface area contributed by atoms with Gasteiger partial charge in [-0.25, -0.2) is 4.79 Å². The van der Waals surface area contributed by atoms with Crippen LogP contribution in [0.15, 0.2) is 23.1 Å². The van der Waals surface area contributed by atoms with Gasteiger partial charge in [0.1, 0.15) is 11.6 Å². The van der Waals surface area contributed by atoms with E-state index in [1.54, 1.807) is 6.92 Å². The molecule has 0 bridgehead atoms. The van der Waals surface area contributed by atoms with Crippen molar-refractivity contribution < 1.29 is 14.7 Å². The Morgan fingerprint density at radius 2 is 2.17 bits per heavy atom. The molecule has 2 unspecified atom stereocenters.